The number of esters is 2. The first-order valence-corrected chi connectivity index (χ1v) is 12.1. The second kappa shape index (κ2) is 10.1. The van der Waals surface area contributed by atoms with E-state index in [-0.39, 0.29) is 12.1 Å². The van der Waals surface area contributed by atoms with Gasteiger partial charge in [-0.25, -0.2) is 13.6 Å². The average Bonchev–Trinajstić information content (AvgIpc) is 2.94. The van der Waals surface area contributed by atoms with Crippen molar-refractivity contribution in [1.82, 2.24) is 4.68 Å². The van der Waals surface area contributed by atoms with E-state index in [0.29, 0.717) is 17.2 Å². The fourth-order valence-corrected chi connectivity index (χ4v) is 4.70. The number of likely N-dealkylation sites (N-methyl/N-ethyl adjacent to an activating group) is 1. The topological polar surface area (TPSA) is 94.9 Å². The van der Waals surface area contributed by atoms with Gasteiger partial charge in [0.1, 0.15) is 5.56 Å². The number of hydrogen-bond acceptors (Lipinski definition) is 6. The van der Waals surface area contributed by atoms with Crippen LogP contribution in [0.4, 0.5) is 8.78 Å². The summed E-state index contributed by atoms with van der Waals surface area (Å²) in [4.78, 5) is 52.7. The van der Waals surface area contributed by atoms with E-state index in [1.807, 2.05) is 0 Å². The number of pyridine rings is 1. The molecule has 0 saturated carbocycles. The maximum atomic E-state index is 15.4. The molecule has 1 aliphatic rings. The van der Waals surface area contributed by atoms with Gasteiger partial charge >= 0.3 is 11.9 Å². The van der Waals surface area contributed by atoms with Crippen molar-refractivity contribution >= 4 is 28.7 Å². The van der Waals surface area contributed by atoms with E-state index in [4.69, 9.17) is 9.47 Å². The Kier molecular flexibility index (Phi) is 6.69. The SMILES string of the molecule is CCOC(=O)c1cn2c3c(c(F)c(F)cc3c1=O)C(C(=O)OC(c1ccccc1)c1ccccc1)C(=O)N2C. The quantitative estimate of drug-likeness (QED) is 0.276. The fraction of sp³-hybridized carbons (Fsp3) is 0.172. The van der Waals surface area contributed by atoms with Crippen LogP contribution in [-0.2, 0) is 19.1 Å². The monoisotopic (exact) mass is 532 g/mol. The number of ether oxygens (including phenoxy) is 2. The lowest BCUT2D eigenvalue weighted by Gasteiger charge is -2.33. The van der Waals surface area contributed by atoms with Crippen LogP contribution in [0.2, 0.25) is 0 Å². The molecule has 198 valence electrons. The number of hydrogen-bond donors (Lipinski definition) is 0. The summed E-state index contributed by atoms with van der Waals surface area (Å²) in [6.45, 7) is 1.50. The summed E-state index contributed by atoms with van der Waals surface area (Å²) in [5.41, 5.74) is -1.10. The van der Waals surface area contributed by atoms with Crippen molar-refractivity contribution in [1.29, 1.82) is 0 Å². The number of rotatable bonds is 6. The fourth-order valence-electron chi connectivity index (χ4n) is 4.70. The van der Waals surface area contributed by atoms with Crippen LogP contribution >= 0.6 is 0 Å². The number of amides is 1. The van der Waals surface area contributed by atoms with Gasteiger partial charge in [0.2, 0.25) is 5.43 Å². The Hall–Kier alpha value is -4.86. The lowest BCUT2D eigenvalue weighted by atomic mass is 9.91. The van der Waals surface area contributed by atoms with Crippen molar-refractivity contribution in [3.8, 4) is 0 Å². The molecule has 3 aromatic carbocycles. The second-order valence-corrected chi connectivity index (χ2v) is 8.85. The van der Waals surface area contributed by atoms with Crippen LogP contribution in [0.1, 0.15) is 46.0 Å². The lowest BCUT2D eigenvalue weighted by molar-refractivity contribution is -0.152. The Bertz CT molecular complexity index is 1630. The Morgan fingerprint density at radius 3 is 2.13 bits per heavy atom. The molecule has 1 unspecified atom stereocenters. The molecule has 0 spiro atoms. The third kappa shape index (κ3) is 4.33. The van der Waals surface area contributed by atoms with Crippen molar-refractivity contribution in [2.75, 3.05) is 18.7 Å². The largest absolute Gasteiger partial charge is 0.462 e. The van der Waals surface area contributed by atoms with Gasteiger partial charge in [-0.3, -0.25) is 24.1 Å². The number of halogens is 2. The molecule has 2 heterocycles. The Morgan fingerprint density at radius 2 is 1.56 bits per heavy atom. The summed E-state index contributed by atoms with van der Waals surface area (Å²) in [5, 5.41) is 0.551. The number of carbonyl (C=O) groups excluding carboxylic acids is 3. The zero-order valence-corrected chi connectivity index (χ0v) is 20.9. The molecule has 0 fully saturated rings. The van der Waals surface area contributed by atoms with Crippen molar-refractivity contribution in [3.63, 3.8) is 0 Å². The molecule has 1 aromatic heterocycles. The van der Waals surface area contributed by atoms with E-state index in [9.17, 15) is 23.6 Å². The van der Waals surface area contributed by atoms with E-state index in [2.05, 4.69) is 0 Å². The average molecular weight is 532 g/mol. The van der Waals surface area contributed by atoms with Crippen LogP contribution in [-0.4, -0.2) is 36.2 Å². The summed E-state index contributed by atoms with van der Waals surface area (Å²) in [5.74, 6) is -7.93. The minimum absolute atomic E-state index is 0.0357. The predicted octanol–water partition coefficient (Wildman–Crippen LogP) is 3.98. The highest BCUT2D eigenvalue weighted by atomic mass is 19.2. The Labute approximate surface area is 221 Å². The number of nitrogens with zero attached hydrogens (tertiary/aromatic N) is 2. The molecule has 0 aliphatic carbocycles. The molecule has 0 radical (unpaired) electrons. The normalized spacial score (nSPS) is 14.5. The number of carbonyl (C=O) groups is 3. The minimum Gasteiger partial charge on any atom is -0.462 e. The van der Waals surface area contributed by atoms with Crippen molar-refractivity contribution < 1.29 is 32.6 Å². The summed E-state index contributed by atoms with van der Waals surface area (Å²) in [6, 6.07) is 18.1. The minimum atomic E-state index is -1.92. The molecular weight excluding hydrogens is 510 g/mol. The van der Waals surface area contributed by atoms with Crippen molar-refractivity contribution in [2.45, 2.75) is 18.9 Å². The van der Waals surface area contributed by atoms with Gasteiger partial charge in [0.25, 0.3) is 5.91 Å². The summed E-state index contributed by atoms with van der Waals surface area (Å²) in [6.07, 6.45) is 0.0557. The highest BCUT2D eigenvalue weighted by molar-refractivity contribution is 6.13. The molecule has 0 bridgehead atoms. The highest BCUT2D eigenvalue weighted by Crippen LogP contribution is 2.37. The second-order valence-electron chi connectivity index (χ2n) is 8.85. The molecule has 0 saturated heterocycles. The molecule has 10 heteroatoms. The van der Waals surface area contributed by atoms with E-state index in [1.165, 1.54) is 14.0 Å². The molecule has 0 N–H and O–H groups in total. The summed E-state index contributed by atoms with van der Waals surface area (Å²) >= 11 is 0. The number of benzene rings is 3. The first kappa shape index (κ1) is 25.8. The summed E-state index contributed by atoms with van der Waals surface area (Å²) in [7, 11) is 1.28. The van der Waals surface area contributed by atoms with E-state index < -0.39 is 63.4 Å². The van der Waals surface area contributed by atoms with Gasteiger partial charge < -0.3 is 9.47 Å². The van der Waals surface area contributed by atoms with Crippen molar-refractivity contribution in [3.05, 3.63) is 117 Å². The highest BCUT2D eigenvalue weighted by Gasteiger charge is 2.44. The van der Waals surface area contributed by atoms with E-state index in [0.717, 1.165) is 15.9 Å². The van der Waals surface area contributed by atoms with E-state index in [1.54, 1.807) is 60.7 Å². The van der Waals surface area contributed by atoms with Crippen LogP contribution < -0.4 is 10.4 Å². The van der Waals surface area contributed by atoms with Gasteiger partial charge in [-0.1, -0.05) is 60.7 Å². The van der Waals surface area contributed by atoms with E-state index >= 15 is 4.39 Å². The maximum absolute atomic E-state index is 15.4. The molecule has 8 nitrogen and oxygen atoms in total. The van der Waals surface area contributed by atoms with Gasteiger partial charge in [0, 0.05) is 18.8 Å². The molecule has 4 aromatic rings. The third-order valence-corrected chi connectivity index (χ3v) is 6.54. The maximum Gasteiger partial charge on any atom is 0.343 e. The molecule has 39 heavy (non-hydrogen) atoms. The first-order valence-electron chi connectivity index (χ1n) is 12.1. The smallest absolute Gasteiger partial charge is 0.343 e. The number of aromatic nitrogens is 1. The van der Waals surface area contributed by atoms with Crippen LogP contribution in [0, 0.1) is 11.6 Å². The van der Waals surface area contributed by atoms with Gasteiger partial charge in [0.05, 0.1) is 17.5 Å². The Balaban J connectivity index is 1.68. The van der Waals surface area contributed by atoms with Crippen LogP contribution in [0.3, 0.4) is 0 Å². The predicted molar refractivity (Wildman–Crippen MR) is 137 cm³/mol. The Morgan fingerprint density at radius 1 is 0.974 bits per heavy atom. The molecule has 1 amide bonds. The molecule has 1 aliphatic heterocycles. The zero-order valence-electron chi connectivity index (χ0n) is 20.9. The zero-order chi connectivity index (χ0) is 27.8. The third-order valence-electron chi connectivity index (χ3n) is 6.54. The van der Waals surface area contributed by atoms with Crippen LogP contribution in [0.15, 0.2) is 77.7 Å². The lowest BCUT2D eigenvalue weighted by Crippen LogP contribution is -2.48. The van der Waals surface area contributed by atoms with Gasteiger partial charge in [-0.15, -0.1) is 0 Å². The standard InChI is InChI=1S/C29H22F2N2O6/c1-3-38-28(36)19-15-33-24-18(25(19)34)14-20(30)23(31)21(24)22(27(35)32(33)2)29(37)39-26(16-10-6-4-7-11-16)17-12-8-5-9-13-17/h4-15,22,26H,3H2,1-2H3. The van der Waals surface area contributed by atoms with Crippen LogP contribution in [0.25, 0.3) is 10.9 Å². The van der Waals surface area contributed by atoms with Gasteiger partial charge in [-0.2, -0.15) is 0 Å². The molecule has 5 rings (SSSR count). The van der Waals surface area contributed by atoms with Crippen molar-refractivity contribution in [2.24, 2.45) is 0 Å². The van der Waals surface area contributed by atoms with Gasteiger partial charge in [-0.05, 0) is 24.1 Å². The first-order chi connectivity index (χ1) is 18.7. The van der Waals surface area contributed by atoms with Crippen LogP contribution in [0.5, 0.6) is 0 Å². The summed E-state index contributed by atoms with van der Waals surface area (Å²) < 4.78 is 42.0. The van der Waals surface area contributed by atoms with Gasteiger partial charge in [0.15, 0.2) is 23.7 Å². The molecule has 1 atom stereocenters. The molecular formula is C29H22F2N2O6.